The van der Waals surface area contributed by atoms with E-state index in [1.165, 1.54) is 193 Å². The molecular weight excluding hydrogens is 1270 g/mol. The third-order valence-electron chi connectivity index (χ3n) is 18.8. The lowest BCUT2D eigenvalue weighted by Gasteiger charge is -2.21. The van der Waals surface area contributed by atoms with Crippen molar-refractivity contribution in [1.82, 2.24) is 0 Å². The van der Waals surface area contributed by atoms with E-state index in [0.29, 0.717) is 31.6 Å². The Morgan fingerprint density at radius 3 is 0.732 bits per heavy atom. The fraction of sp³-hybridized carbons (Fsp3) is 0.949. The summed E-state index contributed by atoms with van der Waals surface area (Å²) in [6, 6.07) is 0. The standard InChI is InChI=1S/C78H152O17P2/c1-9-70(7)56-48-40-32-24-21-22-25-34-42-50-58-75(80)88-64-73(94-77(82)60-52-44-35-26-20-18-16-14-12-11-13-15-17-19-23-30-38-46-54-68(3)4)66-92-96(84,85)90-62-72(79)63-91-97(86,87)93-67-74(65-89-76(81)59-51-43-37-29-31-39-47-55-69(5)6)95-78(83)61-53-45-36-28-27-33-41-49-57-71(8)10-2/h68-74,79H,9-67H2,1-8H3,(H,84,85)(H,86,87)/t70?,71?,72?,73-,74-/m1/s1. The van der Waals surface area contributed by atoms with Gasteiger partial charge in [0.2, 0.25) is 0 Å². The quantitative estimate of drug-likeness (QED) is 0.0222. The number of unbranched alkanes of at least 4 members (excludes halogenated alkanes) is 39. The Morgan fingerprint density at radius 2 is 0.495 bits per heavy atom. The van der Waals surface area contributed by atoms with Crippen molar-refractivity contribution >= 4 is 39.5 Å². The van der Waals surface area contributed by atoms with E-state index in [1.54, 1.807) is 0 Å². The topological polar surface area (TPSA) is 237 Å². The summed E-state index contributed by atoms with van der Waals surface area (Å²) in [4.78, 5) is 72.9. The van der Waals surface area contributed by atoms with Crippen molar-refractivity contribution < 1.29 is 80.2 Å². The van der Waals surface area contributed by atoms with E-state index in [1.807, 2.05) is 0 Å². The predicted molar refractivity (Wildman–Crippen MR) is 395 cm³/mol. The summed E-state index contributed by atoms with van der Waals surface area (Å²) in [5.41, 5.74) is 0. The van der Waals surface area contributed by atoms with E-state index in [-0.39, 0.29) is 25.7 Å². The SMILES string of the molecule is CCC(C)CCCCCCCCCCCCC(=O)OC[C@H](COP(=O)(O)OCC(O)COP(=O)(O)OC[C@@H](COC(=O)CCCCCCCCCC(C)C)OC(=O)CCCCCCCCCCC(C)CC)OC(=O)CCCCCCCCCCCCCCCCCCCCC(C)C. The van der Waals surface area contributed by atoms with Crippen molar-refractivity contribution in [2.75, 3.05) is 39.6 Å². The highest BCUT2D eigenvalue weighted by atomic mass is 31.2. The minimum absolute atomic E-state index is 0.104. The molecule has 0 radical (unpaired) electrons. The Hall–Kier alpha value is -1.94. The molecule has 5 unspecified atom stereocenters. The molecule has 3 N–H and O–H groups in total. The molecule has 0 amide bonds. The second kappa shape index (κ2) is 67.2. The van der Waals surface area contributed by atoms with Crippen molar-refractivity contribution in [2.24, 2.45) is 23.7 Å². The Bertz CT molecular complexity index is 1910. The van der Waals surface area contributed by atoms with Gasteiger partial charge in [0, 0.05) is 25.7 Å². The highest BCUT2D eigenvalue weighted by molar-refractivity contribution is 7.47. The molecule has 0 aliphatic heterocycles. The summed E-state index contributed by atoms with van der Waals surface area (Å²) in [6.07, 6.45) is 52.8. The van der Waals surface area contributed by atoms with Crippen molar-refractivity contribution in [3.8, 4) is 0 Å². The summed E-state index contributed by atoms with van der Waals surface area (Å²) in [5, 5.41) is 10.6. The maximum absolute atomic E-state index is 13.1. The molecule has 0 fully saturated rings. The lowest BCUT2D eigenvalue weighted by molar-refractivity contribution is -0.161. The lowest BCUT2D eigenvalue weighted by Crippen LogP contribution is -2.30. The number of hydrogen-bond acceptors (Lipinski definition) is 15. The normalized spacial score (nSPS) is 14.6. The predicted octanol–water partition coefficient (Wildman–Crippen LogP) is 22.8. The van der Waals surface area contributed by atoms with Crippen LogP contribution in [0, 0.1) is 23.7 Å². The number of aliphatic hydroxyl groups excluding tert-OH is 1. The zero-order valence-corrected chi connectivity index (χ0v) is 65.5. The molecule has 0 aromatic carbocycles. The molecule has 0 heterocycles. The van der Waals surface area contributed by atoms with Crippen LogP contribution in [0.4, 0.5) is 0 Å². The molecule has 0 bridgehead atoms. The minimum atomic E-state index is -4.96. The van der Waals surface area contributed by atoms with Crippen LogP contribution >= 0.6 is 15.6 Å². The van der Waals surface area contributed by atoms with Gasteiger partial charge in [0.1, 0.15) is 19.3 Å². The number of hydrogen-bond donors (Lipinski definition) is 3. The number of phosphoric ester groups is 2. The van der Waals surface area contributed by atoms with Crippen molar-refractivity contribution in [3.05, 3.63) is 0 Å². The van der Waals surface area contributed by atoms with Gasteiger partial charge in [0.25, 0.3) is 0 Å². The number of rotatable bonds is 75. The minimum Gasteiger partial charge on any atom is -0.462 e. The average molecular weight is 1420 g/mol. The van der Waals surface area contributed by atoms with Crippen LogP contribution < -0.4 is 0 Å². The molecule has 0 aromatic rings. The van der Waals surface area contributed by atoms with Gasteiger partial charge in [0.05, 0.1) is 26.4 Å². The first-order chi connectivity index (χ1) is 46.7. The molecule has 0 aliphatic carbocycles. The van der Waals surface area contributed by atoms with Crippen LogP contribution in [0.1, 0.15) is 396 Å². The molecule has 0 aromatic heterocycles. The summed E-state index contributed by atoms with van der Waals surface area (Å²) in [7, 11) is -9.92. The largest absolute Gasteiger partial charge is 0.472 e. The second-order valence-corrected chi connectivity index (χ2v) is 32.4. The third-order valence-corrected chi connectivity index (χ3v) is 20.7. The van der Waals surface area contributed by atoms with E-state index in [0.717, 1.165) is 114 Å². The van der Waals surface area contributed by atoms with Gasteiger partial charge in [0.15, 0.2) is 12.2 Å². The first-order valence-corrected chi connectivity index (χ1v) is 43.3. The van der Waals surface area contributed by atoms with E-state index in [2.05, 4.69) is 55.4 Å². The maximum Gasteiger partial charge on any atom is 0.472 e. The molecular formula is C78H152O17P2. The van der Waals surface area contributed by atoms with Gasteiger partial charge in [-0.1, -0.05) is 344 Å². The second-order valence-electron chi connectivity index (χ2n) is 29.5. The Morgan fingerprint density at radius 1 is 0.289 bits per heavy atom. The fourth-order valence-electron chi connectivity index (χ4n) is 11.8. The summed E-state index contributed by atoms with van der Waals surface area (Å²) in [5.74, 6) is 0.983. The number of esters is 4. The van der Waals surface area contributed by atoms with Crippen molar-refractivity contribution in [2.45, 2.75) is 414 Å². The van der Waals surface area contributed by atoms with Gasteiger partial charge in [-0.2, -0.15) is 0 Å². The first-order valence-electron chi connectivity index (χ1n) is 40.3. The van der Waals surface area contributed by atoms with Gasteiger partial charge in [-0.05, 0) is 49.4 Å². The molecule has 7 atom stereocenters. The Balaban J connectivity index is 5.22. The third kappa shape index (κ3) is 69.5. The van der Waals surface area contributed by atoms with Crippen LogP contribution in [0.15, 0.2) is 0 Å². The highest BCUT2D eigenvalue weighted by Crippen LogP contribution is 2.45. The summed E-state index contributed by atoms with van der Waals surface area (Å²) >= 11 is 0. The molecule has 576 valence electrons. The highest BCUT2D eigenvalue weighted by Gasteiger charge is 2.30. The molecule has 0 aliphatic rings. The van der Waals surface area contributed by atoms with Crippen LogP contribution in [-0.4, -0.2) is 96.7 Å². The zero-order valence-electron chi connectivity index (χ0n) is 63.7. The molecule has 17 nitrogen and oxygen atoms in total. The molecule has 0 rings (SSSR count). The van der Waals surface area contributed by atoms with Crippen molar-refractivity contribution in [3.63, 3.8) is 0 Å². The van der Waals surface area contributed by atoms with Crippen LogP contribution in [0.5, 0.6) is 0 Å². The van der Waals surface area contributed by atoms with Crippen LogP contribution in [0.3, 0.4) is 0 Å². The molecule has 0 saturated heterocycles. The zero-order chi connectivity index (χ0) is 71.7. The number of ether oxygens (including phenoxy) is 4. The first kappa shape index (κ1) is 95.1. The number of phosphoric acid groups is 2. The van der Waals surface area contributed by atoms with Gasteiger partial charge in [-0.15, -0.1) is 0 Å². The summed E-state index contributed by atoms with van der Waals surface area (Å²) < 4.78 is 68.6. The van der Waals surface area contributed by atoms with E-state index >= 15 is 0 Å². The van der Waals surface area contributed by atoms with Crippen LogP contribution in [0.25, 0.3) is 0 Å². The van der Waals surface area contributed by atoms with Crippen LogP contribution in [-0.2, 0) is 65.4 Å². The van der Waals surface area contributed by atoms with Gasteiger partial charge < -0.3 is 33.8 Å². The smallest absolute Gasteiger partial charge is 0.462 e. The number of carbonyl (C=O) groups excluding carboxylic acids is 4. The average Bonchev–Trinajstić information content (AvgIpc) is 0.962. The number of carbonyl (C=O) groups is 4. The van der Waals surface area contributed by atoms with Gasteiger partial charge in [-0.25, -0.2) is 9.13 Å². The van der Waals surface area contributed by atoms with Gasteiger partial charge in [-0.3, -0.25) is 37.3 Å². The van der Waals surface area contributed by atoms with E-state index in [9.17, 15) is 43.2 Å². The molecule has 0 saturated carbocycles. The molecule has 97 heavy (non-hydrogen) atoms. The summed E-state index contributed by atoms with van der Waals surface area (Å²) in [6.45, 7) is 14.2. The van der Waals surface area contributed by atoms with Crippen molar-refractivity contribution in [1.29, 1.82) is 0 Å². The van der Waals surface area contributed by atoms with Crippen LogP contribution in [0.2, 0.25) is 0 Å². The maximum atomic E-state index is 13.1. The Labute approximate surface area is 594 Å². The number of aliphatic hydroxyl groups is 1. The lowest BCUT2D eigenvalue weighted by atomic mass is 9.99. The van der Waals surface area contributed by atoms with Gasteiger partial charge >= 0.3 is 39.5 Å². The van der Waals surface area contributed by atoms with E-state index < -0.39 is 97.5 Å². The molecule has 19 heteroatoms. The Kier molecular flexibility index (Phi) is 65.9. The monoisotopic (exact) mass is 1420 g/mol. The van der Waals surface area contributed by atoms with E-state index in [4.69, 9.17) is 37.0 Å². The molecule has 0 spiro atoms. The fourth-order valence-corrected chi connectivity index (χ4v) is 13.4.